The molecule has 88 valence electrons. The molecule has 2 rings (SSSR count). The van der Waals surface area contributed by atoms with Gasteiger partial charge in [-0.1, -0.05) is 20.3 Å². The van der Waals surface area contributed by atoms with E-state index < -0.39 is 0 Å². The van der Waals surface area contributed by atoms with Crippen molar-refractivity contribution in [2.45, 2.75) is 64.7 Å². The molecule has 1 aliphatic carbocycles. The van der Waals surface area contributed by atoms with Gasteiger partial charge in [-0.15, -0.1) is 0 Å². The van der Waals surface area contributed by atoms with Gasteiger partial charge in [0.15, 0.2) is 0 Å². The fraction of sp³-hybridized carbons (Fsp3) is 1.00. The fourth-order valence-corrected chi connectivity index (χ4v) is 3.11. The van der Waals surface area contributed by atoms with Gasteiger partial charge in [0.25, 0.3) is 0 Å². The van der Waals surface area contributed by atoms with Crippen molar-refractivity contribution in [1.29, 1.82) is 0 Å². The Balaban J connectivity index is 2.10. The first kappa shape index (κ1) is 11.4. The van der Waals surface area contributed by atoms with Crippen molar-refractivity contribution in [1.82, 2.24) is 5.32 Å². The minimum atomic E-state index is 0.129. The number of hydrogen-bond donors (Lipinski definition) is 1. The summed E-state index contributed by atoms with van der Waals surface area (Å²) in [4.78, 5) is 0. The first-order valence-corrected chi connectivity index (χ1v) is 6.45. The van der Waals surface area contributed by atoms with Gasteiger partial charge in [0.2, 0.25) is 0 Å². The molecule has 2 aliphatic rings. The molecule has 1 N–H and O–H groups in total. The smallest absolute Gasteiger partial charge is 0.0838 e. The van der Waals surface area contributed by atoms with Gasteiger partial charge >= 0.3 is 0 Å². The number of nitrogens with one attached hydrogen (secondary N) is 1. The summed E-state index contributed by atoms with van der Waals surface area (Å²) < 4.78 is 6.35. The highest BCUT2D eigenvalue weighted by molar-refractivity contribution is 4.98. The Labute approximate surface area is 93.8 Å². The fourth-order valence-electron chi connectivity index (χ4n) is 3.11. The van der Waals surface area contributed by atoms with Crippen molar-refractivity contribution in [3.05, 3.63) is 0 Å². The Kier molecular flexibility index (Phi) is 3.09. The van der Waals surface area contributed by atoms with E-state index in [0.717, 1.165) is 12.5 Å². The van der Waals surface area contributed by atoms with Gasteiger partial charge in [-0.3, -0.25) is 0 Å². The number of ether oxygens (including phenoxy) is 1. The van der Waals surface area contributed by atoms with E-state index in [2.05, 4.69) is 33.0 Å². The minimum Gasteiger partial charge on any atom is -0.369 e. The van der Waals surface area contributed by atoms with Crippen LogP contribution in [0, 0.1) is 11.8 Å². The molecule has 0 aromatic carbocycles. The highest BCUT2D eigenvalue weighted by Gasteiger charge is 2.45. The summed E-state index contributed by atoms with van der Waals surface area (Å²) in [6.45, 7) is 10.2. The van der Waals surface area contributed by atoms with E-state index in [9.17, 15) is 0 Å². The third-order valence-corrected chi connectivity index (χ3v) is 4.53. The van der Waals surface area contributed by atoms with Crippen LogP contribution in [0.4, 0.5) is 0 Å². The zero-order chi connectivity index (χ0) is 11.1. The molecule has 2 nitrogen and oxygen atoms in total. The summed E-state index contributed by atoms with van der Waals surface area (Å²) in [5.41, 5.74) is 0.129. The average molecular weight is 211 g/mol. The summed E-state index contributed by atoms with van der Waals surface area (Å²) in [7, 11) is 0. The molecule has 0 aromatic rings. The molecular weight excluding hydrogens is 186 g/mol. The molecule has 5 unspecified atom stereocenters. The van der Waals surface area contributed by atoms with Crippen molar-refractivity contribution in [3.8, 4) is 0 Å². The van der Waals surface area contributed by atoms with E-state index >= 15 is 0 Å². The third kappa shape index (κ3) is 2.07. The van der Waals surface area contributed by atoms with Crippen LogP contribution in [0.3, 0.4) is 0 Å². The lowest BCUT2D eigenvalue weighted by Crippen LogP contribution is -2.61. The number of rotatable bonds is 0. The first-order chi connectivity index (χ1) is 7.03. The SMILES string of the molecule is CC1CCC(C)C2(CNC(C)C(C)O2)C1. The molecule has 1 saturated carbocycles. The lowest BCUT2D eigenvalue weighted by molar-refractivity contribution is -0.174. The van der Waals surface area contributed by atoms with E-state index in [4.69, 9.17) is 4.74 Å². The second-order valence-electron chi connectivity index (χ2n) is 5.85. The Morgan fingerprint density at radius 3 is 2.53 bits per heavy atom. The average Bonchev–Trinajstić information content (AvgIpc) is 2.19. The zero-order valence-corrected chi connectivity index (χ0v) is 10.5. The van der Waals surface area contributed by atoms with Crippen LogP contribution in [0.25, 0.3) is 0 Å². The molecule has 15 heavy (non-hydrogen) atoms. The van der Waals surface area contributed by atoms with Crippen molar-refractivity contribution >= 4 is 0 Å². The van der Waals surface area contributed by atoms with Crippen LogP contribution in [-0.4, -0.2) is 24.3 Å². The van der Waals surface area contributed by atoms with Gasteiger partial charge in [0, 0.05) is 12.6 Å². The van der Waals surface area contributed by atoms with Crippen molar-refractivity contribution in [2.24, 2.45) is 11.8 Å². The zero-order valence-electron chi connectivity index (χ0n) is 10.5. The van der Waals surface area contributed by atoms with Crippen LogP contribution < -0.4 is 5.32 Å². The van der Waals surface area contributed by atoms with Crippen molar-refractivity contribution in [2.75, 3.05) is 6.54 Å². The Bertz CT molecular complexity index is 231. The lowest BCUT2D eigenvalue weighted by Gasteiger charge is -2.51. The van der Waals surface area contributed by atoms with E-state index in [1.54, 1.807) is 0 Å². The first-order valence-electron chi connectivity index (χ1n) is 6.45. The van der Waals surface area contributed by atoms with E-state index in [1.807, 2.05) is 0 Å². The predicted octanol–water partition coefficient (Wildman–Crippen LogP) is 2.58. The minimum absolute atomic E-state index is 0.129. The van der Waals surface area contributed by atoms with Crippen LogP contribution in [0.5, 0.6) is 0 Å². The third-order valence-electron chi connectivity index (χ3n) is 4.53. The van der Waals surface area contributed by atoms with E-state index in [0.29, 0.717) is 18.1 Å². The molecule has 0 radical (unpaired) electrons. The summed E-state index contributed by atoms with van der Waals surface area (Å²) >= 11 is 0. The molecule has 1 aliphatic heterocycles. The maximum absolute atomic E-state index is 6.35. The molecule has 5 atom stereocenters. The molecule has 1 heterocycles. The molecular formula is C13H25NO. The van der Waals surface area contributed by atoms with Gasteiger partial charge in [-0.2, -0.15) is 0 Å². The van der Waals surface area contributed by atoms with Crippen LogP contribution >= 0.6 is 0 Å². The molecule has 1 saturated heterocycles. The summed E-state index contributed by atoms with van der Waals surface area (Å²) in [6, 6.07) is 0.500. The second kappa shape index (κ2) is 4.06. The molecule has 2 fully saturated rings. The maximum Gasteiger partial charge on any atom is 0.0838 e. The van der Waals surface area contributed by atoms with Crippen molar-refractivity contribution in [3.63, 3.8) is 0 Å². The quantitative estimate of drug-likeness (QED) is 0.665. The van der Waals surface area contributed by atoms with Gasteiger partial charge in [0.1, 0.15) is 0 Å². The van der Waals surface area contributed by atoms with E-state index in [1.165, 1.54) is 19.3 Å². The number of hydrogen-bond acceptors (Lipinski definition) is 2. The monoisotopic (exact) mass is 211 g/mol. The molecule has 2 heteroatoms. The highest BCUT2D eigenvalue weighted by Crippen LogP contribution is 2.41. The van der Waals surface area contributed by atoms with Crippen molar-refractivity contribution < 1.29 is 4.74 Å². The van der Waals surface area contributed by atoms with Gasteiger partial charge in [-0.05, 0) is 38.5 Å². The maximum atomic E-state index is 6.35. The standard InChI is InChI=1S/C13H25NO/c1-9-5-6-10(2)13(7-9)8-14-11(3)12(4)15-13/h9-12,14H,5-8H2,1-4H3. The highest BCUT2D eigenvalue weighted by atomic mass is 16.5. The molecule has 1 spiro atoms. The van der Waals surface area contributed by atoms with Gasteiger partial charge < -0.3 is 10.1 Å². The summed E-state index contributed by atoms with van der Waals surface area (Å²) in [5.74, 6) is 1.53. The molecule has 0 aromatic heterocycles. The second-order valence-corrected chi connectivity index (χ2v) is 5.85. The predicted molar refractivity (Wildman–Crippen MR) is 62.9 cm³/mol. The van der Waals surface area contributed by atoms with Gasteiger partial charge in [-0.25, -0.2) is 0 Å². The van der Waals surface area contributed by atoms with E-state index in [-0.39, 0.29) is 5.60 Å². The van der Waals surface area contributed by atoms with Crippen LogP contribution in [0.2, 0.25) is 0 Å². The van der Waals surface area contributed by atoms with Crippen LogP contribution in [0.15, 0.2) is 0 Å². The van der Waals surface area contributed by atoms with Crippen LogP contribution in [0.1, 0.15) is 47.0 Å². The normalized spacial score (nSPS) is 52.0. The van der Waals surface area contributed by atoms with Crippen LogP contribution in [-0.2, 0) is 4.74 Å². The Morgan fingerprint density at radius 2 is 1.87 bits per heavy atom. The largest absolute Gasteiger partial charge is 0.369 e. The topological polar surface area (TPSA) is 21.3 Å². The van der Waals surface area contributed by atoms with Gasteiger partial charge in [0.05, 0.1) is 11.7 Å². The Morgan fingerprint density at radius 1 is 1.13 bits per heavy atom. The molecule has 0 bridgehead atoms. The summed E-state index contributed by atoms with van der Waals surface area (Å²) in [6.07, 6.45) is 4.28. The molecule has 0 amide bonds. The summed E-state index contributed by atoms with van der Waals surface area (Å²) in [5, 5.41) is 3.62. The Hall–Kier alpha value is -0.0800. The lowest BCUT2D eigenvalue weighted by atomic mass is 9.71. The number of morpholine rings is 1.